The fraction of sp³-hybridized carbons (Fsp3) is 0.333. The summed E-state index contributed by atoms with van der Waals surface area (Å²) in [5, 5.41) is 5.14. The summed E-state index contributed by atoms with van der Waals surface area (Å²) in [6, 6.07) is 2.99. The highest BCUT2D eigenvalue weighted by Gasteiger charge is 2.29. The first kappa shape index (κ1) is 18.0. The van der Waals surface area contributed by atoms with Gasteiger partial charge in [-0.2, -0.15) is 5.10 Å². The van der Waals surface area contributed by atoms with Gasteiger partial charge in [0.15, 0.2) is 11.4 Å². The highest BCUT2D eigenvalue weighted by atomic mass is 79.9. The zero-order valence-electron chi connectivity index (χ0n) is 14.5. The maximum atomic E-state index is 13.9. The minimum absolute atomic E-state index is 0.173. The van der Waals surface area contributed by atoms with Gasteiger partial charge in [-0.25, -0.2) is 23.4 Å². The van der Waals surface area contributed by atoms with Gasteiger partial charge >= 0.3 is 0 Å². The highest BCUT2D eigenvalue weighted by molar-refractivity contribution is 9.10. The van der Waals surface area contributed by atoms with Gasteiger partial charge in [-0.05, 0) is 47.0 Å². The molecule has 0 radical (unpaired) electrons. The Morgan fingerprint density at radius 3 is 2.70 bits per heavy atom. The van der Waals surface area contributed by atoms with Crippen molar-refractivity contribution in [1.82, 2.24) is 19.7 Å². The molecule has 4 rings (SSSR count). The summed E-state index contributed by atoms with van der Waals surface area (Å²) < 4.78 is 29.6. The zero-order valence-corrected chi connectivity index (χ0v) is 16.1. The molecule has 27 heavy (non-hydrogen) atoms. The van der Waals surface area contributed by atoms with Gasteiger partial charge in [0.2, 0.25) is 0 Å². The van der Waals surface area contributed by atoms with Gasteiger partial charge in [-0.3, -0.25) is 4.79 Å². The predicted octanol–water partition coefficient (Wildman–Crippen LogP) is 3.50. The third kappa shape index (κ3) is 3.20. The van der Waals surface area contributed by atoms with E-state index >= 15 is 0 Å². The van der Waals surface area contributed by atoms with E-state index in [1.807, 2.05) is 7.05 Å². The SMILES string of the molecule is Cn1nc(Br)c2c(N3CCC(C(=O)c4cc(F)ccc4F)CC3)ncnc21. The lowest BCUT2D eigenvalue weighted by molar-refractivity contribution is 0.0895. The number of rotatable bonds is 3. The number of ketones is 1. The van der Waals surface area contributed by atoms with Crippen LogP contribution in [0.1, 0.15) is 23.2 Å². The number of anilines is 1. The van der Waals surface area contributed by atoms with Gasteiger partial charge in [0.05, 0.1) is 10.9 Å². The molecule has 1 aliphatic rings. The summed E-state index contributed by atoms with van der Waals surface area (Å²) in [5.41, 5.74) is 0.541. The van der Waals surface area contributed by atoms with Crippen LogP contribution in [0, 0.1) is 17.6 Å². The number of piperidine rings is 1. The van der Waals surface area contributed by atoms with E-state index in [0.717, 1.165) is 29.4 Å². The number of aromatic nitrogens is 4. The number of carbonyl (C=O) groups excluding carboxylic acids is 1. The molecule has 0 unspecified atom stereocenters. The fourth-order valence-corrected chi connectivity index (χ4v) is 4.12. The van der Waals surface area contributed by atoms with Gasteiger partial charge < -0.3 is 4.90 Å². The Bertz CT molecular complexity index is 1030. The van der Waals surface area contributed by atoms with Crippen molar-refractivity contribution in [1.29, 1.82) is 0 Å². The number of halogens is 3. The number of fused-ring (bicyclic) bond motifs is 1. The topological polar surface area (TPSA) is 63.9 Å². The smallest absolute Gasteiger partial charge is 0.169 e. The quantitative estimate of drug-likeness (QED) is 0.589. The lowest BCUT2D eigenvalue weighted by atomic mass is 9.88. The van der Waals surface area contributed by atoms with Crippen LogP contribution in [0.4, 0.5) is 14.6 Å². The van der Waals surface area contributed by atoms with Crippen LogP contribution in [0.5, 0.6) is 0 Å². The van der Waals surface area contributed by atoms with Crippen molar-refractivity contribution < 1.29 is 13.6 Å². The molecule has 9 heteroatoms. The van der Waals surface area contributed by atoms with E-state index in [-0.39, 0.29) is 17.3 Å². The maximum absolute atomic E-state index is 13.9. The lowest BCUT2D eigenvalue weighted by Crippen LogP contribution is -2.37. The van der Waals surface area contributed by atoms with E-state index in [2.05, 4.69) is 35.9 Å². The Morgan fingerprint density at radius 1 is 1.22 bits per heavy atom. The van der Waals surface area contributed by atoms with Gasteiger partial charge in [-0.15, -0.1) is 0 Å². The van der Waals surface area contributed by atoms with Crippen LogP contribution in [0.3, 0.4) is 0 Å². The number of carbonyl (C=O) groups is 1. The minimum Gasteiger partial charge on any atom is -0.356 e. The Balaban J connectivity index is 1.54. The molecule has 3 aromatic rings. The summed E-state index contributed by atoms with van der Waals surface area (Å²) in [6.45, 7) is 1.17. The van der Waals surface area contributed by atoms with Crippen molar-refractivity contribution in [2.75, 3.05) is 18.0 Å². The molecule has 3 heterocycles. The highest BCUT2D eigenvalue weighted by Crippen LogP contribution is 2.32. The molecule has 140 valence electrons. The molecule has 1 saturated heterocycles. The Kier molecular flexibility index (Phi) is 4.63. The molecule has 2 aromatic heterocycles. The maximum Gasteiger partial charge on any atom is 0.169 e. The van der Waals surface area contributed by atoms with Gasteiger partial charge in [-0.1, -0.05) is 0 Å². The first-order chi connectivity index (χ1) is 13.0. The van der Waals surface area contributed by atoms with Crippen molar-refractivity contribution in [3.8, 4) is 0 Å². The molecular weight excluding hydrogens is 420 g/mol. The molecule has 0 atom stereocenters. The fourth-order valence-electron chi connectivity index (χ4n) is 3.53. The van der Waals surface area contributed by atoms with Gasteiger partial charge in [0, 0.05) is 26.1 Å². The second kappa shape index (κ2) is 6.95. The summed E-state index contributed by atoms with van der Waals surface area (Å²) in [7, 11) is 1.81. The third-order valence-corrected chi connectivity index (χ3v) is 5.47. The average Bonchev–Trinajstić information content (AvgIpc) is 2.97. The van der Waals surface area contributed by atoms with Crippen LogP contribution in [0.15, 0.2) is 29.1 Å². The number of nitrogens with zero attached hydrogens (tertiary/aromatic N) is 5. The number of hydrogen-bond acceptors (Lipinski definition) is 5. The molecule has 0 N–H and O–H groups in total. The third-order valence-electron chi connectivity index (χ3n) is 4.92. The van der Waals surface area contributed by atoms with Crippen LogP contribution in [0.2, 0.25) is 0 Å². The molecule has 6 nitrogen and oxygen atoms in total. The predicted molar refractivity (Wildman–Crippen MR) is 99.6 cm³/mol. The monoisotopic (exact) mass is 435 g/mol. The number of hydrogen-bond donors (Lipinski definition) is 0. The van der Waals surface area contributed by atoms with Crippen molar-refractivity contribution >= 4 is 38.6 Å². The molecule has 0 aliphatic carbocycles. The van der Waals surface area contributed by atoms with E-state index in [1.165, 1.54) is 6.33 Å². The minimum atomic E-state index is -0.680. The summed E-state index contributed by atoms with van der Waals surface area (Å²) >= 11 is 3.45. The molecule has 1 fully saturated rings. The van der Waals surface area contributed by atoms with Gasteiger partial charge in [0.25, 0.3) is 0 Å². The van der Waals surface area contributed by atoms with Crippen LogP contribution in [-0.4, -0.2) is 38.6 Å². The zero-order chi connectivity index (χ0) is 19.1. The van der Waals surface area contributed by atoms with Gasteiger partial charge in [0.1, 0.15) is 28.4 Å². The first-order valence-electron chi connectivity index (χ1n) is 8.53. The van der Waals surface area contributed by atoms with E-state index in [0.29, 0.717) is 36.2 Å². The van der Waals surface area contributed by atoms with E-state index in [1.54, 1.807) is 4.68 Å². The number of aryl methyl sites for hydroxylation is 1. The second-order valence-electron chi connectivity index (χ2n) is 6.56. The summed E-state index contributed by atoms with van der Waals surface area (Å²) in [4.78, 5) is 23.3. The van der Waals surface area contributed by atoms with Crippen LogP contribution >= 0.6 is 15.9 Å². The van der Waals surface area contributed by atoms with E-state index in [4.69, 9.17) is 0 Å². The molecule has 1 aliphatic heterocycles. The Morgan fingerprint density at radius 2 is 1.96 bits per heavy atom. The van der Waals surface area contributed by atoms with E-state index in [9.17, 15) is 13.6 Å². The second-order valence-corrected chi connectivity index (χ2v) is 7.31. The average molecular weight is 436 g/mol. The van der Waals surface area contributed by atoms with Crippen molar-refractivity contribution in [3.63, 3.8) is 0 Å². The van der Waals surface area contributed by atoms with Crippen molar-refractivity contribution in [2.45, 2.75) is 12.8 Å². The van der Waals surface area contributed by atoms with Crippen molar-refractivity contribution in [3.05, 3.63) is 46.3 Å². The molecule has 0 spiro atoms. The molecule has 0 saturated carbocycles. The Hall–Kier alpha value is -2.42. The Labute approximate surface area is 162 Å². The van der Waals surface area contributed by atoms with Crippen molar-refractivity contribution in [2.24, 2.45) is 13.0 Å². The molecule has 0 bridgehead atoms. The lowest BCUT2D eigenvalue weighted by Gasteiger charge is -2.32. The molecular formula is C18H16BrF2N5O. The molecule has 1 aromatic carbocycles. The normalized spacial score (nSPS) is 15.5. The molecule has 0 amide bonds. The van der Waals surface area contributed by atoms with Crippen LogP contribution < -0.4 is 4.90 Å². The first-order valence-corrected chi connectivity index (χ1v) is 9.32. The standard InChI is InChI=1S/C18H16BrF2N5O/c1-25-17-14(16(19)24-25)18(23-9-22-17)26-6-4-10(5-7-26)15(27)12-8-11(20)2-3-13(12)21/h2-3,8-10H,4-7H2,1H3. The van der Waals surface area contributed by atoms with E-state index < -0.39 is 11.6 Å². The largest absolute Gasteiger partial charge is 0.356 e. The van der Waals surface area contributed by atoms with Crippen LogP contribution in [0.25, 0.3) is 11.0 Å². The van der Waals surface area contributed by atoms with Crippen LogP contribution in [-0.2, 0) is 7.05 Å². The summed E-state index contributed by atoms with van der Waals surface area (Å²) in [5.74, 6) is -1.22. The number of benzene rings is 1. The summed E-state index contributed by atoms with van der Waals surface area (Å²) in [6.07, 6.45) is 2.57. The number of Topliss-reactive ketones (excluding diaryl/α,β-unsaturated/α-hetero) is 1.